The Morgan fingerprint density at radius 1 is 1.10 bits per heavy atom. The first-order valence-corrected chi connectivity index (χ1v) is 6.84. The molecule has 0 saturated heterocycles. The number of benzene rings is 1. The molecule has 1 amide bonds. The van der Waals surface area contributed by atoms with E-state index < -0.39 is 0 Å². The van der Waals surface area contributed by atoms with Crippen LogP contribution in [0.25, 0.3) is 0 Å². The number of carbonyl (C=O) groups is 1. The molecule has 6 heteroatoms. The van der Waals surface area contributed by atoms with E-state index in [1.807, 2.05) is 6.07 Å². The number of fused-ring (bicyclic) bond motifs is 1. The lowest BCUT2D eigenvalue weighted by Gasteiger charge is -2.05. The number of anilines is 1. The molecule has 2 heterocycles. The van der Waals surface area contributed by atoms with Gasteiger partial charge in [0.15, 0.2) is 17.2 Å². The predicted molar refractivity (Wildman–Crippen MR) is 74.5 cm³/mol. The molecule has 0 unspecified atom stereocenters. The first-order chi connectivity index (χ1) is 10.3. The maximum atomic E-state index is 12.1. The van der Waals surface area contributed by atoms with E-state index in [-0.39, 0.29) is 12.7 Å². The minimum atomic E-state index is -0.288. The zero-order valence-electron chi connectivity index (χ0n) is 11.2. The van der Waals surface area contributed by atoms with Crippen LogP contribution in [0.3, 0.4) is 0 Å². The fraction of sp³-hybridized carbons (Fsp3) is 0.267. The van der Waals surface area contributed by atoms with E-state index in [1.165, 1.54) is 0 Å². The first-order valence-electron chi connectivity index (χ1n) is 6.84. The number of nitrogens with one attached hydrogen (secondary N) is 1. The number of amides is 1. The number of rotatable bonds is 3. The van der Waals surface area contributed by atoms with Crippen molar-refractivity contribution in [1.29, 1.82) is 0 Å². The van der Waals surface area contributed by atoms with E-state index in [4.69, 9.17) is 9.47 Å². The normalized spacial score (nSPS) is 15.8. The highest BCUT2D eigenvalue weighted by Gasteiger charge is 2.25. The minimum Gasteiger partial charge on any atom is -0.454 e. The highest BCUT2D eigenvalue weighted by molar-refractivity contribution is 6.02. The molecular formula is C15H13N3O3. The van der Waals surface area contributed by atoms with Crippen LogP contribution in [0.1, 0.15) is 34.9 Å². The first kappa shape index (κ1) is 12.1. The van der Waals surface area contributed by atoms with Crippen LogP contribution in [-0.2, 0) is 0 Å². The second kappa shape index (κ2) is 4.73. The molecule has 1 aromatic carbocycles. The third kappa shape index (κ3) is 2.40. The summed E-state index contributed by atoms with van der Waals surface area (Å²) in [4.78, 5) is 12.1. The van der Waals surface area contributed by atoms with Gasteiger partial charge in [-0.1, -0.05) is 0 Å². The fourth-order valence-corrected chi connectivity index (χ4v) is 2.23. The van der Waals surface area contributed by atoms with E-state index >= 15 is 0 Å². The predicted octanol–water partition coefficient (Wildman–Crippen LogP) is 2.33. The number of nitrogens with zero attached hydrogens (tertiary/aromatic N) is 2. The molecule has 1 aliphatic heterocycles. The van der Waals surface area contributed by atoms with E-state index in [0.717, 1.165) is 18.5 Å². The van der Waals surface area contributed by atoms with Gasteiger partial charge < -0.3 is 14.8 Å². The van der Waals surface area contributed by atoms with Crippen molar-refractivity contribution in [1.82, 2.24) is 10.2 Å². The van der Waals surface area contributed by atoms with Gasteiger partial charge in [-0.2, -0.15) is 5.10 Å². The summed E-state index contributed by atoms with van der Waals surface area (Å²) in [7, 11) is 0. The maximum absolute atomic E-state index is 12.1. The van der Waals surface area contributed by atoms with Crippen molar-refractivity contribution in [3.05, 3.63) is 41.7 Å². The summed E-state index contributed by atoms with van der Waals surface area (Å²) in [5, 5.41) is 10.9. The van der Waals surface area contributed by atoms with Gasteiger partial charge >= 0.3 is 0 Å². The molecule has 1 saturated carbocycles. The Balaban J connectivity index is 1.49. The number of hydrogen-bond acceptors (Lipinski definition) is 5. The number of carbonyl (C=O) groups excluding carboxylic acids is 1. The van der Waals surface area contributed by atoms with Gasteiger partial charge in [-0.05, 0) is 37.1 Å². The average molecular weight is 283 g/mol. The second-order valence-electron chi connectivity index (χ2n) is 5.14. The SMILES string of the molecule is O=C(Nc1ccc2c(c1)OCO2)c1ccc(C2CC2)nn1. The fourth-order valence-electron chi connectivity index (χ4n) is 2.23. The van der Waals surface area contributed by atoms with Gasteiger partial charge in [-0.25, -0.2) is 0 Å². The van der Waals surface area contributed by atoms with Crippen LogP contribution in [-0.4, -0.2) is 22.9 Å². The smallest absolute Gasteiger partial charge is 0.276 e. The van der Waals surface area contributed by atoms with Gasteiger partial charge in [0.1, 0.15) is 0 Å². The van der Waals surface area contributed by atoms with E-state index in [1.54, 1.807) is 24.3 Å². The molecule has 1 fully saturated rings. The molecule has 4 rings (SSSR count). The Morgan fingerprint density at radius 3 is 2.71 bits per heavy atom. The van der Waals surface area contributed by atoms with Crippen LogP contribution in [0.5, 0.6) is 11.5 Å². The summed E-state index contributed by atoms with van der Waals surface area (Å²) in [6.45, 7) is 0.209. The van der Waals surface area contributed by atoms with Gasteiger partial charge in [-0.15, -0.1) is 5.10 Å². The monoisotopic (exact) mass is 283 g/mol. The van der Waals surface area contributed by atoms with Crippen LogP contribution in [0.4, 0.5) is 5.69 Å². The largest absolute Gasteiger partial charge is 0.454 e. The van der Waals surface area contributed by atoms with Crippen molar-refractivity contribution in [3.8, 4) is 11.5 Å². The summed E-state index contributed by atoms with van der Waals surface area (Å²) >= 11 is 0. The number of hydrogen-bond donors (Lipinski definition) is 1. The number of aromatic nitrogens is 2. The van der Waals surface area contributed by atoms with Gasteiger partial charge in [0.25, 0.3) is 5.91 Å². The lowest BCUT2D eigenvalue weighted by molar-refractivity contribution is 0.102. The van der Waals surface area contributed by atoms with Gasteiger partial charge in [0, 0.05) is 17.7 Å². The summed E-state index contributed by atoms with van der Waals surface area (Å²) in [5.74, 6) is 1.55. The molecular weight excluding hydrogens is 270 g/mol. The van der Waals surface area contributed by atoms with E-state index in [0.29, 0.717) is 28.8 Å². The van der Waals surface area contributed by atoms with Crippen molar-refractivity contribution in [2.45, 2.75) is 18.8 Å². The standard InChI is InChI=1S/C15H13N3O3/c19-15(12-5-4-11(17-18-12)9-1-2-9)16-10-3-6-13-14(7-10)21-8-20-13/h3-7,9H,1-2,8H2,(H,16,19). The van der Waals surface area contributed by atoms with Crippen molar-refractivity contribution >= 4 is 11.6 Å². The Labute approximate surface area is 121 Å². The number of ether oxygens (including phenoxy) is 2. The van der Waals surface area contributed by atoms with Gasteiger partial charge in [0.2, 0.25) is 6.79 Å². The third-order valence-electron chi connectivity index (χ3n) is 3.54. The lowest BCUT2D eigenvalue weighted by Crippen LogP contribution is -2.14. The van der Waals surface area contributed by atoms with Crippen LogP contribution < -0.4 is 14.8 Å². The summed E-state index contributed by atoms with van der Waals surface area (Å²) in [6, 6.07) is 8.84. The van der Waals surface area contributed by atoms with E-state index in [9.17, 15) is 4.79 Å². The molecule has 6 nitrogen and oxygen atoms in total. The zero-order valence-corrected chi connectivity index (χ0v) is 11.2. The molecule has 0 atom stereocenters. The van der Waals surface area contributed by atoms with Gasteiger partial charge in [0.05, 0.1) is 5.69 Å². The average Bonchev–Trinajstić information content (AvgIpc) is 3.26. The molecule has 0 radical (unpaired) electrons. The Hall–Kier alpha value is -2.63. The topological polar surface area (TPSA) is 73.3 Å². The molecule has 1 N–H and O–H groups in total. The molecule has 0 bridgehead atoms. The summed E-state index contributed by atoms with van der Waals surface area (Å²) < 4.78 is 10.5. The lowest BCUT2D eigenvalue weighted by atomic mass is 10.2. The molecule has 1 aromatic heterocycles. The van der Waals surface area contributed by atoms with Gasteiger partial charge in [-0.3, -0.25) is 4.79 Å². The van der Waals surface area contributed by atoms with E-state index in [2.05, 4.69) is 15.5 Å². The van der Waals surface area contributed by atoms with Crippen molar-refractivity contribution in [3.63, 3.8) is 0 Å². The molecule has 2 aromatic rings. The van der Waals surface area contributed by atoms with Crippen LogP contribution in [0.15, 0.2) is 30.3 Å². The highest BCUT2D eigenvalue weighted by Crippen LogP contribution is 2.38. The van der Waals surface area contributed by atoms with Crippen molar-refractivity contribution in [2.75, 3.05) is 12.1 Å². The van der Waals surface area contributed by atoms with Crippen molar-refractivity contribution < 1.29 is 14.3 Å². The van der Waals surface area contributed by atoms with Crippen molar-refractivity contribution in [2.24, 2.45) is 0 Å². The minimum absolute atomic E-state index is 0.209. The summed E-state index contributed by atoms with van der Waals surface area (Å²) in [5.41, 5.74) is 1.91. The molecule has 106 valence electrons. The molecule has 1 aliphatic carbocycles. The Bertz CT molecular complexity index is 696. The summed E-state index contributed by atoms with van der Waals surface area (Å²) in [6.07, 6.45) is 2.33. The Kier molecular flexibility index (Phi) is 2.73. The van der Waals surface area contributed by atoms with Crippen LogP contribution >= 0.6 is 0 Å². The highest BCUT2D eigenvalue weighted by atomic mass is 16.7. The van der Waals surface area contributed by atoms with Crippen LogP contribution in [0.2, 0.25) is 0 Å². The zero-order chi connectivity index (χ0) is 14.2. The van der Waals surface area contributed by atoms with Crippen LogP contribution in [0, 0.1) is 0 Å². The molecule has 2 aliphatic rings. The third-order valence-corrected chi connectivity index (χ3v) is 3.54. The molecule has 0 spiro atoms. The Morgan fingerprint density at radius 2 is 1.95 bits per heavy atom. The molecule has 21 heavy (non-hydrogen) atoms. The maximum Gasteiger partial charge on any atom is 0.276 e. The second-order valence-corrected chi connectivity index (χ2v) is 5.14. The quantitative estimate of drug-likeness (QED) is 0.936.